The molecular formula is C29H43N3. The first kappa shape index (κ1) is 20.0. The lowest BCUT2D eigenvalue weighted by Crippen LogP contribution is -2.54. The first-order valence-electron chi connectivity index (χ1n) is 13.9. The minimum Gasteiger partial charge on any atom is -0.369 e. The van der Waals surface area contributed by atoms with Crippen molar-refractivity contribution in [1.29, 1.82) is 0 Å². The zero-order valence-corrected chi connectivity index (χ0v) is 19.9. The molecule has 8 fully saturated rings. The summed E-state index contributed by atoms with van der Waals surface area (Å²) in [4.78, 5) is 0. The first-order valence-corrected chi connectivity index (χ1v) is 13.9. The van der Waals surface area contributed by atoms with Crippen LogP contribution in [0.25, 0.3) is 0 Å². The smallest absolute Gasteiger partial charge is 0.100 e. The van der Waals surface area contributed by atoms with Crippen LogP contribution < -0.4 is 16.0 Å². The normalized spacial score (nSPS) is 50.0. The second kappa shape index (κ2) is 7.06. The Balaban J connectivity index is 0.995. The van der Waals surface area contributed by atoms with Crippen molar-refractivity contribution in [1.82, 2.24) is 16.0 Å². The predicted molar refractivity (Wildman–Crippen MR) is 130 cm³/mol. The summed E-state index contributed by atoms with van der Waals surface area (Å²) in [6, 6.07) is 0. The highest BCUT2D eigenvalue weighted by molar-refractivity contribution is 5.23. The Hall–Kier alpha value is -1.38. The van der Waals surface area contributed by atoms with E-state index in [9.17, 15) is 0 Å². The van der Waals surface area contributed by atoms with Gasteiger partial charge in [-0.1, -0.05) is 13.2 Å². The van der Waals surface area contributed by atoms with Gasteiger partial charge in [0, 0.05) is 22.2 Å². The summed E-state index contributed by atoms with van der Waals surface area (Å²) in [5.74, 6) is 7.00. The summed E-state index contributed by atoms with van der Waals surface area (Å²) in [6.07, 6.45) is 22.2. The monoisotopic (exact) mass is 433 g/mol. The van der Waals surface area contributed by atoms with Crippen molar-refractivity contribution in [2.75, 3.05) is 0 Å². The average Bonchev–Trinajstić information content (AvgIpc) is 2.72. The molecule has 8 aliphatic carbocycles. The third-order valence-electron chi connectivity index (χ3n) is 11.1. The Labute approximate surface area is 194 Å². The van der Waals surface area contributed by atoms with Gasteiger partial charge in [-0.2, -0.15) is 0 Å². The van der Waals surface area contributed by atoms with Gasteiger partial charge in [0.05, 0.1) is 6.17 Å². The zero-order chi connectivity index (χ0) is 21.5. The van der Waals surface area contributed by atoms with E-state index in [1.54, 1.807) is 0 Å². The summed E-state index contributed by atoms with van der Waals surface area (Å²) in [7, 11) is 0. The number of hydrogen-bond acceptors (Lipinski definition) is 3. The van der Waals surface area contributed by atoms with Gasteiger partial charge < -0.3 is 16.0 Å². The maximum Gasteiger partial charge on any atom is 0.100 e. The molecule has 32 heavy (non-hydrogen) atoms. The summed E-state index contributed by atoms with van der Waals surface area (Å²) < 4.78 is 0. The third kappa shape index (κ3) is 3.20. The fourth-order valence-corrected chi connectivity index (χ4v) is 10.5. The largest absolute Gasteiger partial charge is 0.369 e. The van der Waals surface area contributed by atoms with Crippen molar-refractivity contribution >= 4 is 0 Å². The van der Waals surface area contributed by atoms with Crippen molar-refractivity contribution in [3.8, 4) is 0 Å². The quantitative estimate of drug-likeness (QED) is 0.468. The van der Waals surface area contributed by atoms with Gasteiger partial charge in [0.1, 0.15) is 5.82 Å². The lowest BCUT2D eigenvalue weighted by atomic mass is 9.49. The summed E-state index contributed by atoms with van der Waals surface area (Å²) in [5.41, 5.74) is 3.39. The maximum absolute atomic E-state index is 4.64. The molecule has 174 valence electrons. The van der Waals surface area contributed by atoms with Crippen molar-refractivity contribution in [3.05, 3.63) is 36.4 Å². The minimum absolute atomic E-state index is 0.298. The first-order chi connectivity index (χ1) is 15.5. The molecule has 8 saturated carbocycles. The van der Waals surface area contributed by atoms with E-state index in [0.29, 0.717) is 17.0 Å². The number of hydrogen-bond donors (Lipinski definition) is 3. The van der Waals surface area contributed by atoms with Crippen LogP contribution in [-0.4, -0.2) is 6.17 Å². The Morgan fingerprint density at radius 1 is 0.719 bits per heavy atom. The van der Waals surface area contributed by atoms with Crippen molar-refractivity contribution in [2.45, 2.75) is 96.1 Å². The van der Waals surface area contributed by atoms with Gasteiger partial charge in [0.25, 0.3) is 0 Å². The molecule has 8 bridgehead atoms. The summed E-state index contributed by atoms with van der Waals surface area (Å²) >= 11 is 0. The van der Waals surface area contributed by atoms with Crippen molar-refractivity contribution < 1.29 is 0 Å². The molecule has 3 heteroatoms. The molecule has 9 rings (SSSR count). The van der Waals surface area contributed by atoms with Crippen LogP contribution in [0.4, 0.5) is 0 Å². The topological polar surface area (TPSA) is 36.1 Å². The van der Waals surface area contributed by atoms with Gasteiger partial charge in [-0.3, -0.25) is 0 Å². The molecule has 1 atom stereocenters. The van der Waals surface area contributed by atoms with Crippen LogP contribution in [0.1, 0.15) is 89.9 Å². The molecule has 0 spiro atoms. The van der Waals surface area contributed by atoms with E-state index >= 15 is 0 Å². The molecule has 1 heterocycles. The molecule has 3 N–H and O–H groups in total. The van der Waals surface area contributed by atoms with Crippen LogP contribution in [0.5, 0.6) is 0 Å². The van der Waals surface area contributed by atoms with Gasteiger partial charge in [-0.15, -0.1) is 0 Å². The van der Waals surface area contributed by atoms with E-state index in [4.69, 9.17) is 0 Å². The number of rotatable bonds is 6. The molecule has 1 aliphatic heterocycles. The molecule has 9 aliphatic rings. The van der Waals surface area contributed by atoms with E-state index in [2.05, 4.69) is 35.2 Å². The van der Waals surface area contributed by atoms with E-state index in [-0.39, 0.29) is 0 Å². The van der Waals surface area contributed by atoms with E-state index in [1.165, 1.54) is 94.3 Å². The highest BCUT2D eigenvalue weighted by atomic mass is 15.2. The number of nitrogens with one attached hydrogen (secondary N) is 3. The van der Waals surface area contributed by atoms with Gasteiger partial charge in [-0.05, 0) is 131 Å². The van der Waals surface area contributed by atoms with E-state index < -0.39 is 0 Å². The second-order valence-electron chi connectivity index (χ2n) is 13.5. The molecule has 0 radical (unpaired) electrons. The average molecular weight is 434 g/mol. The highest BCUT2D eigenvalue weighted by Crippen LogP contribution is 2.63. The SMILES string of the molecule is C=C(NC1=CCCC(NC(=C)C23CC4CC(CC(C4)C2)C3)N1)C12CC3CC(CC(C3)C1)C2. The van der Waals surface area contributed by atoms with Gasteiger partial charge >= 0.3 is 0 Å². The van der Waals surface area contributed by atoms with Crippen molar-refractivity contribution in [3.63, 3.8) is 0 Å². The summed E-state index contributed by atoms with van der Waals surface area (Å²) in [5, 5.41) is 11.5. The van der Waals surface area contributed by atoms with Crippen LogP contribution in [0, 0.1) is 46.3 Å². The Kier molecular flexibility index (Phi) is 4.42. The van der Waals surface area contributed by atoms with Crippen LogP contribution >= 0.6 is 0 Å². The maximum atomic E-state index is 4.64. The fraction of sp³-hybridized carbons (Fsp3) is 0.793. The predicted octanol–water partition coefficient (Wildman–Crippen LogP) is 6.18. The minimum atomic E-state index is 0.298. The van der Waals surface area contributed by atoms with Crippen LogP contribution in [0.15, 0.2) is 36.4 Å². The van der Waals surface area contributed by atoms with Crippen molar-refractivity contribution in [2.24, 2.45) is 46.3 Å². The zero-order valence-electron chi connectivity index (χ0n) is 19.9. The standard InChI is InChI=1S/C29H43N3/c1-18(28-12-20-6-21(13-28)8-22(7-20)14-28)30-26-4-3-5-27(32-26)31-19(2)29-15-23-9-24(16-29)11-25(10-23)17-29/h4,20-25,27,30-32H,1-3,5-17H2. The van der Waals surface area contributed by atoms with Gasteiger partial charge in [0.2, 0.25) is 0 Å². The lowest BCUT2D eigenvalue weighted by Gasteiger charge is -2.58. The molecular weight excluding hydrogens is 390 g/mol. The Morgan fingerprint density at radius 2 is 1.16 bits per heavy atom. The van der Waals surface area contributed by atoms with Crippen LogP contribution in [-0.2, 0) is 0 Å². The molecule has 0 aromatic rings. The van der Waals surface area contributed by atoms with Gasteiger partial charge in [0.15, 0.2) is 0 Å². The molecule has 0 saturated heterocycles. The molecule has 0 aromatic carbocycles. The third-order valence-corrected chi connectivity index (χ3v) is 11.1. The molecule has 0 aromatic heterocycles. The molecule has 0 amide bonds. The highest BCUT2D eigenvalue weighted by Gasteiger charge is 2.53. The Bertz CT molecular complexity index is 780. The molecule has 3 nitrogen and oxygen atoms in total. The Morgan fingerprint density at radius 3 is 1.62 bits per heavy atom. The van der Waals surface area contributed by atoms with E-state index in [1.807, 2.05) is 0 Å². The fourth-order valence-electron chi connectivity index (χ4n) is 10.5. The van der Waals surface area contributed by atoms with Crippen LogP contribution in [0.3, 0.4) is 0 Å². The lowest BCUT2D eigenvalue weighted by molar-refractivity contribution is -0.0349. The summed E-state index contributed by atoms with van der Waals surface area (Å²) in [6.45, 7) is 9.26. The van der Waals surface area contributed by atoms with Crippen LogP contribution in [0.2, 0.25) is 0 Å². The second-order valence-corrected chi connectivity index (χ2v) is 13.5. The van der Waals surface area contributed by atoms with E-state index in [0.717, 1.165) is 48.3 Å². The number of allylic oxidation sites excluding steroid dienone is 3. The molecule has 1 unspecified atom stereocenters. The van der Waals surface area contributed by atoms with Gasteiger partial charge in [-0.25, -0.2) is 0 Å².